The van der Waals surface area contributed by atoms with Gasteiger partial charge in [0.15, 0.2) is 16.1 Å². The standard InChI is InChI=1S/C16H17N5O10S2/c1-16(2,3)31-15(24)18-14-17-9(7-32-14)12(13(22)23)19-33(29,30)11-5-4-8(20(25)26)6-10(11)21(27)28/h4-7,12,19H,1-3H3,(H,22,23)(H,17,18,24)/t12-/m1/s1. The van der Waals surface area contributed by atoms with E-state index in [1.54, 1.807) is 25.5 Å². The molecule has 0 aliphatic rings. The summed E-state index contributed by atoms with van der Waals surface area (Å²) in [4.78, 5) is 46.4. The van der Waals surface area contributed by atoms with Crippen LogP contribution in [0.3, 0.4) is 0 Å². The first kappa shape index (κ1) is 25.6. The molecule has 2 rings (SSSR count). The number of aromatic nitrogens is 1. The molecule has 0 spiro atoms. The number of hydrogen-bond donors (Lipinski definition) is 3. The highest BCUT2D eigenvalue weighted by molar-refractivity contribution is 7.89. The van der Waals surface area contributed by atoms with Crippen LogP contribution < -0.4 is 10.0 Å². The van der Waals surface area contributed by atoms with Gasteiger partial charge in [-0.1, -0.05) is 0 Å². The van der Waals surface area contributed by atoms with Crippen molar-refractivity contribution in [3.8, 4) is 0 Å². The lowest BCUT2D eigenvalue weighted by Crippen LogP contribution is -2.34. The van der Waals surface area contributed by atoms with Gasteiger partial charge < -0.3 is 9.84 Å². The number of rotatable bonds is 8. The maximum atomic E-state index is 12.7. The minimum atomic E-state index is -4.85. The molecular weight excluding hydrogens is 486 g/mol. The topological polar surface area (TPSA) is 221 Å². The second-order valence-corrected chi connectivity index (χ2v) is 9.80. The molecule has 17 heteroatoms. The average Bonchev–Trinajstić information content (AvgIpc) is 3.11. The number of carbonyl (C=O) groups excluding carboxylic acids is 1. The molecule has 0 bridgehead atoms. The first-order chi connectivity index (χ1) is 15.1. The Kier molecular flexibility index (Phi) is 7.30. The molecule has 0 aliphatic carbocycles. The number of benzene rings is 1. The van der Waals surface area contributed by atoms with Crippen LogP contribution in [0.1, 0.15) is 32.5 Å². The summed E-state index contributed by atoms with van der Waals surface area (Å²) >= 11 is 0.780. The maximum absolute atomic E-state index is 12.7. The van der Waals surface area contributed by atoms with Crippen molar-refractivity contribution in [3.63, 3.8) is 0 Å². The number of carboxylic acid groups (broad SMARTS) is 1. The van der Waals surface area contributed by atoms with Gasteiger partial charge in [-0.25, -0.2) is 18.2 Å². The van der Waals surface area contributed by atoms with Gasteiger partial charge in [0.2, 0.25) is 10.0 Å². The lowest BCUT2D eigenvalue weighted by atomic mass is 10.2. The van der Waals surface area contributed by atoms with E-state index in [1.165, 1.54) is 0 Å². The van der Waals surface area contributed by atoms with Crippen LogP contribution in [0.2, 0.25) is 0 Å². The lowest BCUT2D eigenvalue weighted by Gasteiger charge is -2.19. The number of amides is 1. The predicted molar refractivity (Wildman–Crippen MR) is 112 cm³/mol. The molecule has 1 heterocycles. The molecule has 0 fully saturated rings. The maximum Gasteiger partial charge on any atom is 0.413 e. The number of nitrogens with one attached hydrogen (secondary N) is 2. The third-order valence-electron chi connectivity index (χ3n) is 3.59. The summed E-state index contributed by atoms with van der Waals surface area (Å²) < 4.78 is 32.2. The highest BCUT2D eigenvalue weighted by Gasteiger charge is 2.34. The van der Waals surface area contributed by atoms with Crippen LogP contribution in [0.25, 0.3) is 0 Å². The number of sulfonamides is 1. The van der Waals surface area contributed by atoms with Crippen molar-refractivity contribution >= 4 is 49.9 Å². The van der Waals surface area contributed by atoms with Crippen LogP contribution in [0.15, 0.2) is 28.5 Å². The molecule has 1 aromatic heterocycles. The van der Waals surface area contributed by atoms with E-state index in [9.17, 15) is 43.3 Å². The van der Waals surface area contributed by atoms with Gasteiger partial charge >= 0.3 is 12.1 Å². The molecule has 1 aromatic carbocycles. The highest BCUT2D eigenvalue weighted by atomic mass is 32.2. The van der Waals surface area contributed by atoms with Crippen molar-refractivity contribution in [2.45, 2.75) is 37.3 Å². The summed E-state index contributed by atoms with van der Waals surface area (Å²) in [5, 5.41) is 34.9. The highest BCUT2D eigenvalue weighted by Crippen LogP contribution is 2.30. The Morgan fingerprint density at radius 3 is 2.36 bits per heavy atom. The summed E-state index contributed by atoms with van der Waals surface area (Å²) in [5.74, 6) is -1.70. The SMILES string of the molecule is CC(C)(C)OC(=O)Nc1nc([C@@H](NS(=O)(=O)c2ccc([N+](=O)[O-])cc2[N+](=O)[O-])C(=O)O)cs1. The molecule has 0 saturated heterocycles. The van der Waals surface area contributed by atoms with Gasteiger partial charge in [0.1, 0.15) is 5.60 Å². The van der Waals surface area contributed by atoms with Crippen LogP contribution in [0.5, 0.6) is 0 Å². The van der Waals surface area contributed by atoms with E-state index in [-0.39, 0.29) is 10.8 Å². The quantitative estimate of drug-likeness (QED) is 0.350. The van der Waals surface area contributed by atoms with Crippen LogP contribution in [-0.4, -0.2) is 46.0 Å². The lowest BCUT2D eigenvalue weighted by molar-refractivity contribution is -0.396. The van der Waals surface area contributed by atoms with E-state index in [4.69, 9.17) is 4.74 Å². The largest absolute Gasteiger partial charge is 0.480 e. The summed E-state index contributed by atoms with van der Waals surface area (Å²) in [6.45, 7) is 4.85. The van der Waals surface area contributed by atoms with Gasteiger partial charge in [-0.05, 0) is 26.8 Å². The predicted octanol–water partition coefficient (Wildman–Crippen LogP) is 2.41. The number of nitro benzene ring substituents is 2. The molecule has 15 nitrogen and oxygen atoms in total. The number of nitrogens with zero attached hydrogens (tertiary/aromatic N) is 3. The van der Waals surface area contributed by atoms with E-state index < -0.39 is 59.8 Å². The summed E-state index contributed by atoms with van der Waals surface area (Å²) in [7, 11) is -4.85. The van der Waals surface area contributed by atoms with Crippen molar-refractivity contribution in [2.24, 2.45) is 0 Å². The molecule has 0 aliphatic heterocycles. The van der Waals surface area contributed by atoms with Crippen molar-refractivity contribution < 1.29 is 37.7 Å². The number of carbonyl (C=O) groups is 2. The molecule has 1 amide bonds. The molecule has 0 unspecified atom stereocenters. The zero-order valence-corrected chi connectivity index (χ0v) is 18.8. The fraction of sp³-hybridized carbons (Fsp3) is 0.312. The molecule has 1 atom stereocenters. The third-order valence-corrected chi connectivity index (χ3v) is 5.83. The number of hydrogen-bond acceptors (Lipinski definition) is 11. The van der Waals surface area contributed by atoms with Crippen molar-refractivity contribution in [2.75, 3.05) is 5.32 Å². The number of ether oxygens (including phenoxy) is 1. The van der Waals surface area contributed by atoms with Crippen molar-refractivity contribution in [3.05, 3.63) is 49.5 Å². The average molecular weight is 503 g/mol. The van der Waals surface area contributed by atoms with Crippen LogP contribution in [0, 0.1) is 20.2 Å². The van der Waals surface area contributed by atoms with Gasteiger partial charge in [-0.3, -0.25) is 30.3 Å². The van der Waals surface area contributed by atoms with E-state index >= 15 is 0 Å². The van der Waals surface area contributed by atoms with Gasteiger partial charge in [-0.2, -0.15) is 4.72 Å². The number of aliphatic carboxylic acids is 1. The Morgan fingerprint density at radius 2 is 1.85 bits per heavy atom. The fourth-order valence-corrected chi connectivity index (χ4v) is 4.35. The summed E-state index contributed by atoms with van der Waals surface area (Å²) in [6.07, 6.45) is -0.877. The fourth-order valence-electron chi connectivity index (χ4n) is 2.31. The Bertz CT molecular complexity index is 1220. The number of carboxylic acids is 1. The van der Waals surface area contributed by atoms with Crippen molar-refractivity contribution in [1.29, 1.82) is 0 Å². The number of non-ortho nitro benzene ring substituents is 1. The Morgan fingerprint density at radius 1 is 1.21 bits per heavy atom. The van der Waals surface area contributed by atoms with Crippen LogP contribution in [0.4, 0.5) is 21.3 Å². The zero-order chi connectivity index (χ0) is 25.1. The number of nitro groups is 2. The second kappa shape index (κ2) is 9.43. The first-order valence-electron chi connectivity index (χ1n) is 8.74. The molecule has 33 heavy (non-hydrogen) atoms. The first-order valence-corrected chi connectivity index (χ1v) is 11.1. The molecular formula is C16H17N5O10S2. The van der Waals surface area contributed by atoms with Crippen LogP contribution in [-0.2, 0) is 19.6 Å². The summed E-state index contributed by atoms with van der Waals surface area (Å²) in [6, 6.07) is -0.206. The number of thiazole rings is 1. The zero-order valence-electron chi connectivity index (χ0n) is 17.2. The molecule has 2 aromatic rings. The molecule has 0 saturated carbocycles. The number of anilines is 1. The Labute approximate surface area is 189 Å². The normalized spacial score (nSPS) is 12.6. The molecule has 0 radical (unpaired) electrons. The Balaban J connectivity index is 2.35. The van der Waals surface area contributed by atoms with E-state index in [0.717, 1.165) is 22.8 Å². The monoisotopic (exact) mass is 503 g/mol. The minimum Gasteiger partial charge on any atom is -0.480 e. The minimum absolute atomic E-state index is 0.0917. The van der Waals surface area contributed by atoms with Crippen LogP contribution >= 0.6 is 11.3 Å². The van der Waals surface area contributed by atoms with E-state index in [2.05, 4.69) is 10.3 Å². The van der Waals surface area contributed by atoms with Gasteiger partial charge in [0.25, 0.3) is 11.4 Å². The van der Waals surface area contributed by atoms with Gasteiger partial charge in [0.05, 0.1) is 21.6 Å². The second-order valence-electron chi connectivity index (χ2n) is 7.26. The molecule has 3 N–H and O–H groups in total. The van der Waals surface area contributed by atoms with E-state index in [0.29, 0.717) is 12.1 Å². The van der Waals surface area contributed by atoms with Gasteiger partial charge in [0, 0.05) is 11.4 Å². The van der Waals surface area contributed by atoms with Crippen molar-refractivity contribution in [1.82, 2.24) is 9.71 Å². The smallest absolute Gasteiger partial charge is 0.413 e. The Hall–Kier alpha value is -3.70. The molecule has 178 valence electrons. The third kappa shape index (κ3) is 6.64. The van der Waals surface area contributed by atoms with E-state index in [1.807, 2.05) is 0 Å². The summed E-state index contributed by atoms with van der Waals surface area (Å²) in [5.41, 5.74) is -2.99. The van der Waals surface area contributed by atoms with Gasteiger partial charge in [-0.15, -0.1) is 11.3 Å².